The maximum atomic E-state index is 12.8. The van der Waals surface area contributed by atoms with E-state index < -0.39 is 11.8 Å². The predicted molar refractivity (Wildman–Crippen MR) is 130 cm³/mol. The van der Waals surface area contributed by atoms with Gasteiger partial charge in [0.1, 0.15) is 0 Å². The van der Waals surface area contributed by atoms with Crippen molar-refractivity contribution >= 4 is 16.9 Å². The van der Waals surface area contributed by atoms with Crippen molar-refractivity contribution in [2.24, 2.45) is 5.92 Å². The number of carbonyl (C=O) groups excluding carboxylic acids is 1. The average molecular weight is 466 g/mol. The highest BCUT2D eigenvalue weighted by molar-refractivity contribution is 5.77. The van der Waals surface area contributed by atoms with E-state index in [-0.39, 0.29) is 29.9 Å². The molecule has 0 bridgehead atoms. The van der Waals surface area contributed by atoms with Crippen molar-refractivity contribution in [3.8, 4) is 0 Å². The lowest BCUT2D eigenvalue weighted by atomic mass is 9.80. The number of nitrogens with zero attached hydrogens (tertiary/aromatic N) is 2. The van der Waals surface area contributed by atoms with Crippen LogP contribution in [0.2, 0.25) is 0 Å². The van der Waals surface area contributed by atoms with Gasteiger partial charge < -0.3 is 19.7 Å². The molecule has 1 saturated heterocycles. The van der Waals surface area contributed by atoms with E-state index in [1.165, 1.54) is 4.57 Å². The maximum absolute atomic E-state index is 12.8. The summed E-state index contributed by atoms with van der Waals surface area (Å²) in [5, 5.41) is 10.3. The van der Waals surface area contributed by atoms with Crippen LogP contribution in [0.25, 0.3) is 10.9 Å². The zero-order valence-corrected chi connectivity index (χ0v) is 19.6. The number of hydrogen-bond acceptors (Lipinski definition) is 6. The fourth-order valence-corrected chi connectivity index (χ4v) is 4.77. The summed E-state index contributed by atoms with van der Waals surface area (Å²) in [6.07, 6.45) is 0.207. The Kier molecular flexibility index (Phi) is 7.29. The second-order valence-electron chi connectivity index (χ2n) is 8.83. The summed E-state index contributed by atoms with van der Waals surface area (Å²) in [5.41, 5.74) is 1.66. The monoisotopic (exact) mass is 465 g/mol. The normalized spacial score (nSPS) is 19.7. The summed E-state index contributed by atoms with van der Waals surface area (Å²) >= 11 is 0. The lowest BCUT2D eigenvalue weighted by Gasteiger charge is -2.37. The van der Waals surface area contributed by atoms with Gasteiger partial charge in [-0.05, 0) is 56.0 Å². The minimum atomic E-state index is -0.543. The number of H-pyrrole nitrogens is 1. The number of esters is 1. The Hall–Kier alpha value is -3.23. The molecule has 1 aliphatic heterocycles. The van der Waals surface area contributed by atoms with Crippen LogP contribution in [0.4, 0.5) is 0 Å². The number of benzene rings is 2. The molecule has 0 aliphatic carbocycles. The van der Waals surface area contributed by atoms with Crippen LogP contribution in [0.3, 0.4) is 0 Å². The van der Waals surface area contributed by atoms with E-state index in [2.05, 4.69) is 9.88 Å². The Bertz CT molecular complexity index is 1260. The molecular formula is C26H31N3O5. The van der Waals surface area contributed by atoms with Crippen LogP contribution in [-0.4, -0.2) is 51.8 Å². The van der Waals surface area contributed by atoms with Gasteiger partial charge in [0, 0.05) is 19.6 Å². The zero-order chi connectivity index (χ0) is 24.2. The van der Waals surface area contributed by atoms with Gasteiger partial charge in [0.15, 0.2) is 0 Å². The number of aromatic amines is 1. The lowest BCUT2D eigenvalue weighted by molar-refractivity contribution is -0.150. The molecular weight excluding hydrogens is 434 g/mol. The fraction of sp³-hybridized carbons (Fsp3) is 0.423. The zero-order valence-electron chi connectivity index (χ0n) is 19.6. The molecule has 0 radical (unpaired) electrons. The van der Waals surface area contributed by atoms with E-state index in [9.17, 15) is 19.5 Å². The van der Waals surface area contributed by atoms with Crippen molar-refractivity contribution in [2.75, 3.05) is 26.2 Å². The van der Waals surface area contributed by atoms with Crippen molar-refractivity contribution in [2.45, 2.75) is 38.8 Å². The molecule has 0 spiro atoms. The Morgan fingerprint density at radius 2 is 1.88 bits per heavy atom. The number of aliphatic hydroxyl groups is 1. The first-order chi connectivity index (χ1) is 16.4. The van der Waals surface area contributed by atoms with Gasteiger partial charge >= 0.3 is 11.7 Å². The SMILES string of the molecule is CCOC(=O)[C@@H]1CN(CCn2c(=O)[nH]c3ccccc3c2=O)CC[C@@H]1c1ccc(C(C)O)cc1. The van der Waals surface area contributed by atoms with Gasteiger partial charge in [-0.3, -0.25) is 14.2 Å². The summed E-state index contributed by atoms with van der Waals surface area (Å²) in [5.74, 6) is -0.583. The number of piperidine rings is 1. The van der Waals surface area contributed by atoms with E-state index in [1.807, 2.05) is 24.3 Å². The largest absolute Gasteiger partial charge is 0.466 e. The van der Waals surface area contributed by atoms with Gasteiger partial charge in [-0.25, -0.2) is 4.79 Å². The average Bonchev–Trinajstić information content (AvgIpc) is 2.84. The highest BCUT2D eigenvalue weighted by atomic mass is 16.5. The highest BCUT2D eigenvalue weighted by Gasteiger charge is 2.36. The first kappa shape index (κ1) is 23.9. The summed E-state index contributed by atoms with van der Waals surface area (Å²) in [7, 11) is 0. The van der Waals surface area contributed by atoms with E-state index in [4.69, 9.17) is 4.74 Å². The summed E-state index contributed by atoms with van der Waals surface area (Å²) in [6, 6.07) is 14.7. The van der Waals surface area contributed by atoms with Gasteiger partial charge in [-0.15, -0.1) is 0 Å². The van der Waals surface area contributed by atoms with Crippen LogP contribution >= 0.6 is 0 Å². The predicted octanol–water partition coefficient (Wildman–Crippen LogP) is 2.41. The highest BCUT2D eigenvalue weighted by Crippen LogP contribution is 2.34. The van der Waals surface area contributed by atoms with Gasteiger partial charge in [0.2, 0.25) is 0 Å². The van der Waals surface area contributed by atoms with E-state index >= 15 is 0 Å². The molecule has 4 rings (SSSR count). The first-order valence-electron chi connectivity index (χ1n) is 11.8. The molecule has 1 aliphatic rings. The molecule has 0 saturated carbocycles. The molecule has 34 heavy (non-hydrogen) atoms. The van der Waals surface area contributed by atoms with Gasteiger partial charge in [-0.1, -0.05) is 36.4 Å². The number of ether oxygens (including phenoxy) is 1. The number of likely N-dealkylation sites (tertiary alicyclic amines) is 1. The van der Waals surface area contributed by atoms with Gasteiger partial charge in [-0.2, -0.15) is 0 Å². The molecule has 1 unspecified atom stereocenters. The second-order valence-corrected chi connectivity index (χ2v) is 8.83. The van der Waals surface area contributed by atoms with Gasteiger partial charge in [0.25, 0.3) is 5.56 Å². The minimum Gasteiger partial charge on any atom is -0.466 e. The fourth-order valence-electron chi connectivity index (χ4n) is 4.77. The van der Waals surface area contributed by atoms with Crippen LogP contribution in [0.15, 0.2) is 58.1 Å². The molecule has 180 valence electrons. The maximum Gasteiger partial charge on any atom is 0.328 e. The number of carbonyl (C=O) groups is 1. The number of para-hydroxylation sites is 1. The third kappa shape index (κ3) is 4.98. The first-order valence-corrected chi connectivity index (χ1v) is 11.8. The quantitative estimate of drug-likeness (QED) is 0.520. The number of fused-ring (bicyclic) bond motifs is 1. The third-order valence-electron chi connectivity index (χ3n) is 6.66. The Morgan fingerprint density at radius 1 is 1.15 bits per heavy atom. The molecule has 2 heterocycles. The van der Waals surface area contributed by atoms with E-state index in [1.54, 1.807) is 38.1 Å². The molecule has 8 heteroatoms. The number of rotatable bonds is 7. The Morgan fingerprint density at radius 3 is 2.59 bits per heavy atom. The number of hydrogen-bond donors (Lipinski definition) is 2. The molecule has 1 aromatic heterocycles. The van der Waals surface area contributed by atoms with Crippen molar-refractivity contribution in [1.29, 1.82) is 0 Å². The van der Waals surface area contributed by atoms with Crippen LogP contribution in [0.5, 0.6) is 0 Å². The molecule has 0 amide bonds. The standard InChI is InChI=1S/C26H31N3O5/c1-3-34-25(32)22-16-28(13-12-20(22)19-10-8-18(9-11-19)17(2)30)14-15-29-24(31)21-6-4-5-7-23(21)27-26(29)33/h4-11,17,20,22,30H,3,12-16H2,1-2H3,(H,27,33)/t17?,20-,22-/m1/s1. The molecule has 1 fully saturated rings. The number of aliphatic hydroxyl groups excluding tert-OH is 1. The molecule has 3 atom stereocenters. The topological polar surface area (TPSA) is 105 Å². The number of aromatic nitrogens is 2. The molecule has 3 aromatic rings. The Balaban J connectivity index is 1.51. The van der Waals surface area contributed by atoms with E-state index in [0.29, 0.717) is 30.6 Å². The summed E-state index contributed by atoms with van der Waals surface area (Å²) < 4.78 is 6.60. The van der Waals surface area contributed by atoms with Crippen molar-refractivity contribution in [3.05, 3.63) is 80.5 Å². The smallest absolute Gasteiger partial charge is 0.328 e. The van der Waals surface area contributed by atoms with Crippen molar-refractivity contribution in [1.82, 2.24) is 14.5 Å². The third-order valence-corrected chi connectivity index (χ3v) is 6.66. The van der Waals surface area contributed by atoms with Gasteiger partial charge in [0.05, 0.1) is 29.5 Å². The molecule has 8 nitrogen and oxygen atoms in total. The van der Waals surface area contributed by atoms with Crippen molar-refractivity contribution in [3.63, 3.8) is 0 Å². The minimum absolute atomic E-state index is 0.00476. The second kappa shape index (κ2) is 10.4. The summed E-state index contributed by atoms with van der Waals surface area (Å²) in [6.45, 7) is 5.77. The lowest BCUT2D eigenvalue weighted by Crippen LogP contribution is -2.46. The van der Waals surface area contributed by atoms with E-state index in [0.717, 1.165) is 24.1 Å². The van der Waals surface area contributed by atoms with Crippen LogP contribution in [0, 0.1) is 5.92 Å². The number of nitrogens with one attached hydrogen (secondary N) is 1. The van der Waals surface area contributed by atoms with Crippen LogP contribution < -0.4 is 11.2 Å². The van der Waals surface area contributed by atoms with Crippen LogP contribution in [-0.2, 0) is 16.1 Å². The van der Waals surface area contributed by atoms with Crippen molar-refractivity contribution < 1.29 is 14.6 Å². The molecule has 2 N–H and O–H groups in total. The molecule has 2 aromatic carbocycles. The summed E-state index contributed by atoms with van der Waals surface area (Å²) in [4.78, 5) is 43.0. The van der Waals surface area contributed by atoms with Crippen LogP contribution in [0.1, 0.15) is 43.4 Å². The Labute approximate surface area is 197 Å².